The van der Waals surface area contributed by atoms with Gasteiger partial charge in [-0.1, -0.05) is 25.1 Å². The van der Waals surface area contributed by atoms with E-state index >= 15 is 0 Å². The molecule has 2 rings (SSSR count). The van der Waals surface area contributed by atoms with Crippen LogP contribution in [0.2, 0.25) is 0 Å². The average Bonchev–Trinajstić information content (AvgIpc) is 3.03. The molecule has 2 aromatic rings. The van der Waals surface area contributed by atoms with E-state index in [1.165, 1.54) is 5.56 Å². The van der Waals surface area contributed by atoms with Crippen molar-refractivity contribution in [1.29, 1.82) is 0 Å². The summed E-state index contributed by atoms with van der Waals surface area (Å²) in [5.74, 6) is 2.54. The number of aromatic nitrogens is 1. The predicted molar refractivity (Wildman–Crippen MR) is 115 cm³/mol. The SMILES string of the molecule is CCc1noc(CC)c1CNC(=NC)NCc1cc(C)cc(OC)c1.I. The van der Waals surface area contributed by atoms with Gasteiger partial charge in [-0.3, -0.25) is 4.99 Å². The number of rotatable bonds is 7. The van der Waals surface area contributed by atoms with Gasteiger partial charge < -0.3 is 19.9 Å². The molecular weight excluding hydrogens is 443 g/mol. The maximum atomic E-state index is 5.41. The molecule has 0 aliphatic rings. The van der Waals surface area contributed by atoms with Crippen molar-refractivity contribution in [2.75, 3.05) is 14.2 Å². The summed E-state index contributed by atoms with van der Waals surface area (Å²) in [6, 6.07) is 6.17. The quantitative estimate of drug-likeness (QED) is 0.366. The molecule has 0 radical (unpaired) electrons. The summed E-state index contributed by atoms with van der Waals surface area (Å²) >= 11 is 0. The Labute approximate surface area is 172 Å². The van der Waals surface area contributed by atoms with Crippen molar-refractivity contribution >= 4 is 29.9 Å². The molecule has 0 unspecified atom stereocenters. The lowest BCUT2D eigenvalue weighted by atomic mass is 10.1. The molecule has 0 saturated heterocycles. The summed E-state index contributed by atoms with van der Waals surface area (Å²) < 4.78 is 10.7. The van der Waals surface area contributed by atoms with E-state index in [0.717, 1.165) is 47.1 Å². The van der Waals surface area contributed by atoms with E-state index in [9.17, 15) is 0 Å². The van der Waals surface area contributed by atoms with Gasteiger partial charge in [-0.15, -0.1) is 24.0 Å². The Morgan fingerprint density at radius 1 is 1.15 bits per heavy atom. The van der Waals surface area contributed by atoms with Crippen LogP contribution >= 0.6 is 24.0 Å². The first-order valence-electron chi connectivity index (χ1n) is 8.66. The van der Waals surface area contributed by atoms with Crippen molar-refractivity contribution in [2.24, 2.45) is 4.99 Å². The monoisotopic (exact) mass is 472 g/mol. The number of aryl methyl sites for hydroxylation is 3. The van der Waals surface area contributed by atoms with Gasteiger partial charge in [0.25, 0.3) is 0 Å². The van der Waals surface area contributed by atoms with E-state index in [1.807, 2.05) is 12.1 Å². The number of aliphatic imine (C=N–C) groups is 1. The van der Waals surface area contributed by atoms with Gasteiger partial charge in [0.2, 0.25) is 0 Å². The number of guanidine groups is 1. The van der Waals surface area contributed by atoms with E-state index in [2.05, 4.69) is 47.6 Å². The number of hydrogen-bond acceptors (Lipinski definition) is 4. The Morgan fingerprint density at radius 3 is 2.50 bits per heavy atom. The number of benzene rings is 1. The first kappa shape index (κ1) is 22.3. The molecule has 144 valence electrons. The largest absolute Gasteiger partial charge is 0.497 e. The summed E-state index contributed by atoms with van der Waals surface area (Å²) in [6.45, 7) is 7.53. The second-order valence-corrected chi connectivity index (χ2v) is 5.88. The van der Waals surface area contributed by atoms with Gasteiger partial charge in [0.05, 0.1) is 12.8 Å². The number of hydrogen-bond donors (Lipinski definition) is 2. The van der Waals surface area contributed by atoms with Crippen molar-refractivity contribution < 1.29 is 9.26 Å². The van der Waals surface area contributed by atoms with Crippen molar-refractivity contribution in [3.05, 3.63) is 46.3 Å². The zero-order chi connectivity index (χ0) is 18.2. The molecule has 0 amide bonds. The topological polar surface area (TPSA) is 71.7 Å². The molecule has 0 aliphatic carbocycles. The third kappa shape index (κ3) is 5.89. The lowest BCUT2D eigenvalue weighted by Gasteiger charge is -2.13. The Hall–Kier alpha value is -1.77. The van der Waals surface area contributed by atoms with E-state index in [1.54, 1.807) is 14.2 Å². The van der Waals surface area contributed by atoms with Gasteiger partial charge in [0.1, 0.15) is 11.5 Å². The van der Waals surface area contributed by atoms with Gasteiger partial charge in [-0.05, 0) is 36.6 Å². The second kappa shape index (κ2) is 11.1. The molecule has 0 bridgehead atoms. The summed E-state index contributed by atoms with van der Waals surface area (Å²) in [5, 5.41) is 10.8. The highest BCUT2D eigenvalue weighted by Crippen LogP contribution is 2.17. The second-order valence-electron chi connectivity index (χ2n) is 5.88. The average molecular weight is 472 g/mol. The van der Waals surface area contributed by atoms with Crippen molar-refractivity contribution in [2.45, 2.75) is 46.7 Å². The third-order valence-electron chi connectivity index (χ3n) is 4.07. The van der Waals surface area contributed by atoms with Gasteiger partial charge in [0, 0.05) is 32.1 Å². The third-order valence-corrected chi connectivity index (χ3v) is 4.07. The first-order chi connectivity index (χ1) is 12.1. The fraction of sp³-hybridized carbons (Fsp3) is 0.474. The molecule has 0 aliphatic heterocycles. The van der Waals surface area contributed by atoms with Crippen molar-refractivity contribution in [3.8, 4) is 5.75 Å². The van der Waals surface area contributed by atoms with E-state index in [0.29, 0.717) is 13.1 Å². The number of methoxy groups -OCH3 is 1. The van der Waals surface area contributed by atoms with E-state index in [4.69, 9.17) is 9.26 Å². The molecule has 2 N–H and O–H groups in total. The summed E-state index contributed by atoms with van der Waals surface area (Å²) in [4.78, 5) is 4.29. The highest BCUT2D eigenvalue weighted by Gasteiger charge is 2.13. The van der Waals surface area contributed by atoms with Crippen LogP contribution in [-0.4, -0.2) is 25.3 Å². The van der Waals surface area contributed by atoms with Crippen LogP contribution < -0.4 is 15.4 Å². The van der Waals surface area contributed by atoms with Gasteiger partial charge >= 0.3 is 0 Å². The van der Waals surface area contributed by atoms with Crippen molar-refractivity contribution in [3.63, 3.8) is 0 Å². The minimum atomic E-state index is 0. The van der Waals surface area contributed by atoms with Crippen LogP contribution in [-0.2, 0) is 25.9 Å². The predicted octanol–water partition coefficient (Wildman–Crippen LogP) is 3.60. The minimum Gasteiger partial charge on any atom is -0.497 e. The summed E-state index contributed by atoms with van der Waals surface area (Å²) in [5.41, 5.74) is 4.45. The Balaban J connectivity index is 0.00000338. The maximum Gasteiger partial charge on any atom is 0.191 e. The van der Waals surface area contributed by atoms with E-state index in [-0.39, 0.29) is 24.0 Å². The fourth-order valence-electron chi connectivity index (χ4n) is 2.76. The van der Waals surface area contributed by atoms with Crippen molar-refractivity contribution in [1.82, 2.24) is 15.8 Å². The molecule has 0 fully saturated rings. The molecular formula is C19H29IN4O2. The van der Waals surface area contributed by atoms with Crippen LogP contribution in [0.1, 0.15) is 42.0 Å². The Bertz CT molecular complexity index is 707. The molecule has 0 atom stereocenters. The Kier molecular flexibility index (Phi) is 9.47. The molecule has 1 aromatic heterocycles. The lowest BCUT2D eigenvalue weighted by Crippen LogP contribution is -2.36. The highest BCUT2D eigenvalue weighted by atomic mass is 127. The highest BCUT2D eigenvalue weighted by molar-refractivity contribution is 14.0. The normalized spacial score (nSPS) is 11.0. The number of halogens is 1. The number of ether oxygens (including phenoxy) is 1. The van der Waals surface area contributed by atoms with Crippen LogP contribution in [0, 0.1) is 6.92 Å². The lowest BCUT2D eigenvalue weighted by molar-refractivity contribution is 0.380. The van der Waals surface area contributed by atoms with E-state index < -0.39 is 0 Å². The van der Waals surface area contributed by atoms with Crippen LogP contribution in [0.15, 0.2) is 27.7 Å². The molecule has 26 heavy (non-hydrogen) atoms. The standard InChI is InChI=1S/C19H28N4O2.HI/c1-6-17-16(18(7-2)25-23-17)12-22-19(20-4)21-11-14-8-13(3)9-15(10-14)24-5;/h8-10H,6-7,11-12H2,1-5H3,(H2,20,21,22);1H. The number of nitrogens with one attached hydrogen (secondary N) is 2. The smallest absolute Gasteiger partial charge is 0.191 e. The molecule has 6 nitrogen and oxygen atoms in total. The number of nitrogens with zero attached hydrogens (tertiary/aromatic N) is 2. The molecule has 0 spiro atoms. The summed E-state index contributed by atoms with van der Waals surface area (Å²) in [6.07, 6.45) is 1.69. The van der Waals surface area contributed by atoms with Crippen LogP contribution in [0.25, 0.3) is 0 Å². The van der Waals surface area contributed by atoms with Crippen LogP contribution in [0.5, 0.6) is 5.75 Å². The molecule has 0 saturated carbocycles. The van der Waals surface area contributed by atoms with Gasteiger partial charge in [-0.25, -0.2) is 0 Å². The zero-order valence-corrected chi connectivity index (χ0v) is 18.5. The summed E-state index contributed by atoms with van der Waals surface area (Å²) in [7, 11) is 3.45. The molecule has 1 heterocycles. The maximum absolute atomic E-state index is 5.41. The molecule has 7 heteroatoms. The first-order valence-corrected chi connectivity index (χ1v) is 8.66. The van der Waals surface area contributed by atoms with Crippen LogP contribution in [0.4, 0.5) is 0 Å². The fourth-order valence-corrected chi connectivity index (χ4v) is 2.76. The zero-order valence-electron chi connectivity index (χ0n) is 16.2. The van der Waals surface area contributed by atoms with Gasteiger partial charge in [-0.2, -0.15) is 0 Å². The van der Waals surface area contributed by atoms with Gasteiger partial charge in [0.15, 0.2) is 5.96 Å². The Morgan fingerprint density at radius 2 is 1.88 bits per heavy atom. The minimum absolute atomic E-state index is 0. The molecule has 1 aromatic carbocycles. The van der Waals surface area contributed by atoms with Crippen LogP contribution in [0.3, 0.4) is 0 Å².